The number of allylic oxidation sites excluding steroid dienone is 2. The van der Waals surface area contributed by atoms with Crippen molar-refractivity contribution in [3.8, 4) is 0 Å². The second-order valence-electron chi connectivity index (χ2n) is 8.78. The predicted octanol–water partition coefficient (Wildman–Crippen LogP) is 6.12. The van der Waals surface area contributed by atoms with Gasteiger partial charge in [-0.3, -0.25) is 0 Å². The van der Waals surface area contributed by atoms with Gasteiger partial charge in [-0.1, -0.05) is 0 Å². The molecular formula is C22H27HfSi. The van der Waals surface area contributed by atoms with E-state index in [9.17, 15) is 0 Å². The van der Waals surface area contributed by atoms with Crippen molar-refractivity contribution in [2.24, 2.45) is 0 Å². The summed E-state index contributed by atoms with van der Waals surface area (Å²) < 4.78 is 8.08. The number of hydrogen-bond acceptors (Lipinski definition) is 0. The first-order chi connectivity index (χ1) is 11.4. The van der Waals surface area contributed by atoms with E-state index in [2.05, 4.69) is 89.2 Å². The van der Waals surface area contributed by atoms with E-state index in [1.54, 1.807) is 11.1 Å². The zero-order valence-corrected chi connectivity index (χ0v) is 20.0. The fourth-order valence-corrected chi connectivity index (χ4v) is 39.0. The molecule has 0 saturated carbocycles. The summed E-state index contributed by atoms with van der Waals surface area (Å²) in [6, 6.07) is 18.1. The van der Waals surface area contributed by atoms with Crippen LogP contribution in [0, 0.1) is 0 Å². The van der Waals surface area contributed by atoms with Crippen LogP contribution in [0.4, 0.5) is 0 Å². The third-order valence-electron chi connectivity index (χ3n) is 7.31. The molecule has 1 unspecified atom stereocenters. The van der Waals surface area contributed by atoms with E-state index in [1.165, 1.54) is 17.5 Å². The molecule has 0 saturated heterocycles. The van der Waals surface area contributed by atoms with Gasteiger partial charge in [0.2, 0.25) is 0 Å². The van der Waals surface area contributed by atoms with Crippen LogP contribution in [0.2, 0.25) is 22.5 Å². The van der Waals surface area contributed by atoms with Crippen molar-refractivity contribution >= 4 is 18.1 Å². The van der Waals surface area contributed by atoms with E-state index in [-0.39, 0.29) is 0 Å². The zero-order valence-electron chi connectivity index (χ0n) is 15.2. The standard InChI is InChI=1S/2C9H7.C2H7Si.2CH3.Hf/c2*1-2-5-9-7-3-6-8(9)4-1;1-3-2;;;/h1-2,4-6H,7H2;1-7H;3H,1-2H3;2*1H3;. The van der Waals surface area contributed by atoms with Gasteiger partial charge in [0.15, 0.2) is 0 Å². The summed E-state index contributed by atoms with van der Waals surface area (Å²) in [5.41, 5.74) is 6.09. The molecule has 0 bridgehead atoms. The quantitative estimate of drug-likeness (QED) is 0.448. The minimum atomic E-state index is -3.23. The molecule has 0 spiro atoms. The van der Waals surface area contributed by atoms with Crippen LogP contribution in [0.25, 0.3) is 12.2 Å². The monoisotopic (exact) mass is 499 g/mol. The Morgan fingerprint density at radius 1 is 0.917 bits per heavy atom. The van der Waals surface area contributed by atoms with E-state index in [0.29, 0.717) is 3.67 Å². The maximum atomic E-state index is 2.77. The minimum absolute atomic E-state index is 0.699. The summed E-state index contributed by atoms with van der Waals surface area (Å²) in [6.07, 6.45) is 8.75. The molecule has 0 N–H and O–H groups in total. The molecule has 0 heterocycles. The Hall–Kier alpha value is -0.993. The molecule has 2 aliphatic carbocycles. The first kappa shape index (κ1) is 16.5. The topological polar surface area (TPSA) is 0 Å². The molecule has 0 aliphatic heterocycles. The van der Waals surface area contributed by atoms with Gasteiger partial charge >= 0.3 is 149 Å². The van der Waals surface area contributed by atoms with Gasteiger partial charge in [-0.2, -0.15) is 0 Å². The van der Waals surface area contributed by atoms with E-state index in [1.807, 2.05) is 3.33 Å². The number of rotatable bonds is 3. The Labute approximate surface area is 148 Å². The second kappa shape index (κ2) is 5.50. The predicted molar refractivity (Wildman–Crippen MR) is 107 cm³/mol. The van der Waals surface area contributed by atoms with Crippen molar-refractivity contribution in [1.29, 1.82) is 0 Å². The van der Waals surface area contributed by atoms with Gasteiger partial charge in [0.1, 0.15) is 0 Å². The molecule has 0 fully saturated rings. The molecule has 123 valence electrons. The van der Waals surface area contributed by atoms with Gasteiger partial charge in [-0.25, -0.2) is 0 Å². The van der Waals surface area contributed by atoms with E-state index in [0.717, 1.165) is 0 Å². The summed E-state index contributed by atoms with van der Waals surface area (Å²) in [6.45, 7) is 5.24. The molecule has 1 atom stereocenters. The average molecular weight is 498 g/mol. The summed E-state index contributed by atoms with van der Waals surface area (Å²) >= 11 is -3.23. The summed E-state index contributed by atoms with van der Waals surface area (Å²) in [4.78, 5) is 0. The van der Waals surface area contributed by atoms with Crippen molar-refractivity contribution < 1.29 is 17.7 Å². The fraction of sp³-hybridized carbons (Fsp3) is 0.273. The number of benzene rings is 2. The van der Waals surface area contributed by atoms with Gasteiger partial charge in [0.25, 0.3) is 0 Å². The van der Waals surface area contributed by atoms with Crippen LogP contribution in [0.1, 0.15) is 25.9 Å². The molecule has 0 radical (unpaired) electrons. The van der Waals surface area contributed by atoms with Crippen LogP contribution in [0.3, 0.4) is 0 Å². The third kappa shape index (κ3) is 2.19. The van der Waals surface area contributed by atoms with Crippen molar-refractivity contribution in [2.45, 2.75) is 32.5 Å². The third-order valence-corrected chi connectivity index (χ3v) is 72.3. The average Bonchev–Trinajstić information content (AvgIpc) is 3.19. The first-order valence-corrected chi connectivity index (χ1v) is 29.3. The number of fused-ring (bicyclic) bond motifs is 2. The van der Waals surface area contributed by atoms with Crippen LogP contribution in [0.5, 0.6) is 0 Å². The van der Waals surface area contributed by atoms with Gasteiger partial charge < -0.3 is 0 Å². The van der Waals surface area contributed by atoms with Crippen LogP contribution in [0.15, 0.2) is 57.9 Å². The Morgan fingerprint density at radius 3 is 2.29 bits per heavy atom. The molecule has 24 heavy (non-hydrogen) atoms. The Balaban J connectivity index is 1.87. The van der Waals surface area contributed by atoms with Crippen LogP contribution in [-0.4, -0.2) is 5.98 Å². The molecule has 0 aromatic heterocycles. The van der Waals surface area contributed by atoms with Gasteiger partial charge in [-0.05, 0) is 0 Å². The van der Waals surface area contributed by atoms with Gasteiger partial charge in [-0.15, -0.1) is 0 Å². The Bertz CT molecular complexity index is 873. The first-order valence-electron chi connectivity index (χ1n) is 9.17. The molecule has 4 rings (SSSR count). The molecular weight excluding hydrogens is 471 g/mol. The summed E-state index contributed by atoms with van der Waals surface area (Å²) in [5, 5.41) is 0. The van der Waals surface area contributed by atoms with Crippen molar-refractivity contribution in [3.05, 3.63) is 80.2 Å². The second-order valence-corrected chi connectivity index (χ2v) is 61.4. The molecule has 2 aromatic rings. The normalized spacial score (nSPS) is 20.5. The zero-order chi connectivity index (χ0) is 17.0. The molecule has 2 aromatic carbocycles. The maximum absolute atomic E-state index is 3.23. The summed E-state index contributed by atoms with van der Waals surface area (Å²) in [5.74, 6) is -0.812. The SMILES string of the molecule is C[SiH](C)[Hf]([CH3])([CH3])([C]1=Cc2ccccc2C1)[CH]1C=Cc2ccccc21. The van der Waals surface area contributed by atoms with Crippen LogP contribution >= 0.6 is 0 Å². The molecule has 0 nitrogen and oxygen atoms in total. The molecule has 2 aliphatic rings. The van der Waals surface area contributed by atoms with E-state index >= 15 is 0 Å². The van der Waals surface area contributed by atoms with Crippen LogP contribution < -0.4 is 0 Å². The van der Waals surface area contributed by atoms with E-state index in [4.69, 9.17) is 0 Å². The van der Waals surface area contributed by atoms with Gasteiger partial charge in [0.05, 0.1) is 0 Å². The van der Waals surface area contributed by atoms with Crippen molar-refractivity contribution in [2.75, 3.05) is 0 Å². The number of hydrogen-bond donors (Lipinski definition) is 0. The van der Waals surface area contributed by atoms with E-state index < -0.39 is 23.7 Å². The molecule has 0 amide bonds. The van der Waals surface area contributed by atoms with Crippen LogP contribution in [-0.2, 0) is 24.1 Å². The van der Waals surface area contributed by atoms with Crippen molar-refractivity contribution in [1.82, 2.24) is 0 Å². The molecule has 2 heteroatoms. The Morgan fingerprint density at radius 2 is 1.58 bits per heavy atom. The summed E-state index contributed by atoms with van der Waals surface area (Å²) in [7, 11) is 0. The van der Waals surface area contributed by atoms with Crippen molar-refractivity contribution in [3.63, 3.8) is 0 Å². The fourth-order valence-electron chi connectivity index (χ4n) is 4.74. The van der Waals surface area contributed by atoms with Gasteiger partial charge in [0, 0.05) is 0 Å². The Kier molecular flexibility index (Phi) is 3.78.